The van der Waals surface area contributed by atoms with Gasteiger partial charge in [-0.15, -0.1) is 11.3 Å². The molecule has 0 aliphatic carbocycles. The maximum atomic E-state index is 14.3. The highest BCUT2D eigenvalue weighted by molar-refractivity contribution is 7.13. The lowest BCUT2D eigenvalue weighted by Gasteiger charge is -2.37. The first kappa shape index (κ1) is 39.9. The molecular weight excluding hydrogens is 804 g/mol. The van der Waals surface area contributed by atoms with Crippen LogP contribution in [0.1, 0.15) is 66.8 Å². The Hall–Kier alpha value is -5.86. The molecule has 1 aromatic heterocycles. The molecule has 3 unspecified atom stereocenters. The van der Waals surface area contributed by atoms with Gasteiger partial charge < -0.3 is 24.4 Å². The zero-order valence-corrected chi connectivity index (χ0v) is 35.0. The lowest BCUT2D eigenvalue weighted by molar-refractivity contribution is -0.126. The second kappa shape index (κ2) is 17.2. The Labute approximate surface area is 357 Å². The number of fused-ring (bicyclic) bond motifs is 2. The first-order chi connectivity index (χ1) is 28.5. The van der Waals surface area contributed by atoms with Crippen molar-refractivity contribution in [1.29, 1.82) is 5.26 Å². The second-order valence-corrected chi connectivity index (χ2v) is 16.9. The Balaban J connectivity index is 0.961. The van der Waals surface area contributed by atoms with Crippen LogP contribution in [0.5, 0.6) is 17.2 Å². The molecule has 0 saturated carbocycles. The molecule has 59 heavy (non-hydrogen) atoms. The van der Waals surface area contributed by atoms with Crippen LogP contribution in [-0.4, -0.2) is 40.4 Å². The van der Waals surface area contributed by atoms with Crippen LogP contribution < -0.4 is 19.5 Å². The normalized spacial score (nSPS) is 16.1. The van der Waals surface area contributed by atoms with E-state index < -0.39 is 6.04 Å². The lowest BCUT2D eigenvalue weighted by Crippen LogP contribution is -2.54. The Morgan fingerprint density at radius 3 is 2.29 bits per heavy atom. The maximum absolute atomic E-state index is 14.3. The molecule has 0 saturated heterocycles. The van der Waals surface area contributed by atoms with E-state index in [1.807, 2.05) is 99.6 Å². The summed E-state index contributed by atoms with van der Waals surface area (Å²) in [7, 11) is 0. The van der Waals surface area contributed by atoms with E-state index in [-0.39, 0.29) is 30.5 Å². The minimum Gasteiger partial charge on any atom is -0.489 e. The standard InChI is InChI=1S/C47H40Cl2N4O5S/c1-27(18-30-4-9-33(10-5-30)34-11-6-31(23-50)7-12-34)51-46(54)41-20-36-21-42-43(22-37(36)24-53(41)47(55)45-28(2)52-29(3)59-45)58-44(26-57-42)35-13-15-38(16-14-35)56-25-32-8-17-39(48)40(49)19-32/h4-17,19,21-22,27,41,44H,18,20,24-26H2,1-3H3,(H,51,54). The van der Waals surface area contributed by atoms with Gasteiger partial charge in [-0.3, -0.25) is 9.59 Å². The van der Waals surface area contributed by atoms with E-state index in [9.17, 15) is 9.59 Å². The van der Waals surface area contributed by atoms with Gasteiger partial charge in [0, 0.05) is 19.0 Å². The van der Waals surface area contributed by atoms with Gasteiger partial charge in [0.25, 0.3) is 5.91 Å². The summed E-state index contributed by atoms with van der Waals surface area (Å²) >= 11 is 13.5. The van der Waals surface area contributed by atoms with Crippen molar-refractivity contribution in [1.82, 2.24) is 15.2 Å². The molecule has 2 amide bonds. The van der Waals surface area contributed by atoms with Crippen LogP contribution in [0.2, 0.25) is 10.0 Å². The fraction of sp³-hybridized carbons (Fsp3) is 0.234. The number of halogens is 2. The van der Waals surface area contributed by atoms with E-state index in [0.29, 0.717) is 69.5 Å². The van der Waals surface area contributed by atoms with Crippen LogP contribution in [0.4, 0.5) is 0 Å². The van der Waals surface area contributed by atoms with Crippen molar-refractivity contribution in [2.24, 2.45) is 0 Å². The molecule has 8 rings (SSSR count). The molecule has 0 bridgehead atoms. The van der Waals surface area contributed by atoms with Crippen LogP contribution in [0, 0.1) is 25.2 Å². The predicted molar refractivity (Wildman–Crippen MR) is 229 cm³/mol. The van der Waals surface area contributed by atoms with Crippen molar-refractivity contribution >= 4 is 46.4 Å². The second-order valence-electron chi connectivity index (χ2n) is 14.9. The number of amides is 2. The number of thiazole rings is 1. The van der Waals surface area contributed by atoms with Gasteiger partial charge in [0.05, 0.1) is 32.4 Å². The molecular formula is C47H40Cl2N4O5S. The van der Waals surface area contributed by atoms with Gasteiger partial charge in [-0.25, -0.2) is 4.98 Å². The highest BCUT2D eigenvalue weighted by atomic mass is 35.5. The smallest absolute Gasteiger partial charge is 0.266 e. The highest BCUT2D eigenvalue weighted by Gasteiger charge is 2.38. The van der Waals surface area contributed by atoms with E-state index in [4.69, 9.17) is 42.7 Å². The molecule has 0 spiro atoms. The van der Waals surface area contributed by atoms with Gasteiger partial charge >= 0.3 is 0 Å². The lowest BCUT2D eigenvalue weighted by atomic mass is 9.92. The Morgan fingerprint density at radius 2 is 1.61 bits per heavy atom. The SMILES string of the molecule is Cc1nc(C)c(C(=O)N2Cc3cc4c(cc3CC2C(=O)NC(C)Cc2ccc(-c3ccc(C#N)cc3)cc2)OCC(c2ccc(OCc3ccc(Cl)c(Cl)c3)cc2)O4)s1. The molecule has 0 radical (unpaired) electrons. The third kappa shape index (κ3) is 8.93. The highest BCUT2D eigenvalue weighted by Crippen LogP contribution is 2.41. The number of nitrogens with one attached hydrogen (secondary N) is 1. The van der Waals surface area contributed by atoms with Crippen LogP contribution in [0.25, 0.3) is 11.1 Å². The molecule has 3 atom stereocenters. The van der Waals surface area contributed by atoms with Crippen molar-refractivity contribution < 1.29 is 23.8 Å². The molecule has 3 heterocycles. The number of benzene rings is 5. The topological polar surface area (TPSA) is 114 Å². The zero-order chi connectivity index (χ0) is 41.2. The molecule has 2 aliphatic rings. The number of hydrogen-bond donors (Lipinski definition) is 1. The molecule has 5 aromatic carbocycles. The minimum absolute atomic E-state index is 0.200. The monoisotopic (exact) mass is 842 g/mol. The van der Waals surface area contributed by atoms with Gasteiger partial charge in [-0.05, 0) is 115 Å². The Kier molecular flexibility index (Phi) is 11.6. The van der Waals surface area contributed by atoms with Crippen molar-refractivity contribution in [2.45, 2.75) is 65.0 Å². The summed E-state index contributed by atoms with van der Waals surface area (Å²) in [6, 6.07) is 33.9. The van der Waals surface area contributed by atoms with Crippen LogP contribution in [0.3, 0.4) is 0 Å². The van der Waals surface area contributed by atoms with Gasteiger partial charge in [0.15, 0.2) is 17.6 Å². The first-order valence-electron chi connectivity index (χ1n) is 19.3. The number of ether oxygens (including phenoxy) is 3. The fourth-order valence-electron chi connectivity index (χ4n) is 7.51. The largest absolute Gasteiger partial charge is 0.489 e. The number of nitriles is 1. The predicted octanol–water partition coefficient (Wildman–Crippen LogP) is 10.0. The molecule has 1 N–H and O–H groups in total. The van der Waals surface area contributed by atoms with Gasteiger partial charge in [-0.2, -0.15) is 5.26 Å². The van der Waals surface area contributed by atoms with Crippen molar-refractivity contribution in [2.75, 3.05) is 6.61 Å². The number of nitrogens with zero attached hydrogens (tertiary/aromatic N) is 3. The summed E-state index contributed by atoms with van der Waals surface area (Å²) in [5.74, 6) is 1.44. The van der Waals surface area contributed by atoms with Gasteiger partial charge in [0.1, 0.15) is 29.9 Å². The Morgan fingerprint density at radius 1 is 0.915 bits per heavy atom. The summed E-state index contributed by atoms with van der Waals surface area (Å²) < 4.78 is 18.7. The summed E-state index contributed by atoms with van der Waals surface area (Å²) in [5.41, 5.74) is 8.07. The van der Waals surface area contributed by atoms with E-state index in [2.05, 4.69) is 28.5 Å². The summed E-state index contributed by atoms with van der Waals surface area (Å²) in [6.07, 6.45) is 0.568. The molecule has 12 heteroatoms. The fourth-order valence-corrected chi connectivity index (χ4v) is 8.71. The third-order valence-corrected chi connectivity index (χ3v) is 12.4. The summed E-state index contributed by atoms with van der Waals surface area (Å²) in [4.78, 5) is 35.1. The zero-order valence-electron chi connectivity index (χ0n) is 32.6. The van der Waals surface area contributed by atoms with E-state index in [1.54, 1.807) is 17.0 Å². The van der Waals surface area contributed by atoms with E-state index >= 15 is 0 Å². The maximum Gasteiger partial charge on any atom is 0.266 e. The molecule has 9 nitrogen and oxygen atoms in total. The first-order valence-corrected chi connectivity index (χ1v) is 20.9. The summed E-state index contributed by atoms with van der Waals surface area (Å²) in [5, 5.41) is 14.1. The Bertz CT molecular complexity index is 2570. The summed E-state index contributed by atoms with van der Waals surface area (Å²) in [6.45, 7) is 6.55. The quantitative estimate of drug-likeness (QED) is 0.146. The van der Waals surface area contributed by atoms with Gasteiger partial charge in [0.2, 0.25) is 5.91 Å². The van der Waals surface area contributed by atoms with Crippen LogP contribution >= 0.6 is 34.5 Å². The average molecular weight is 844 g/mol. The van der Waals surface area contributed by atoms with Crippen LogP contribution in [-0.2, 0) is 30.8 Å². The number of carbonyl (C=O) groups excluding carboxylic acids is 2. The van der Waals surface area contributed by atoms with Crippen molar-refractivity contribution in [3.05, 3.63) is 162 Å². The van der Waals surface area contributed by atoms with E-state index in [1.165, 1.54) is 11.3 Å². The third-order valence-electron chi connectivity index (χ3n) is 10.6. The van der Waals surface area contributed by atoms with Crippen molar-refractivity contribution in [3.63, 3.8) is 0 Å². The molecule has 0 fully saturated rings. The van der Waals surface area contributed by atoms with Gasteiger partial charge in [-0.1, -0.05) is 77.8 Å². The average Bonchev–Trinajstić information content (AvgIpc) is 3.59. The molecule has 6 aromatic rings. The van der Waals surface area contributed by atoms with Crippen LogP contribution in [0.15, 0.2) is 103 Å². The molecule has 2 aliphatic heterocycles. The number of carbonyl (C=O) groups is 2. The van der Waals surface area contributed by atoms with E-state index in [0.717, 1.165) is 44.0 Å². The number of aromatic nitrogens is 1. The number of hydrogen-bond acceptors (Lipinski definition) is 8. The minimum atomic E-state index is -0.745. The number of rotatable bonds is 10. The number of aryl methyl sites for hydroxylation is 2. The molecule has 298 valence electrons. The van der Waals surface area contributed by atoms with Crippen molar-refractivity contribution in [3.8, 4) is 34.4 Å².